The number of aliphatic hydroxyl groups is 3. The fraction of sp³-hybridized carbons (Fsp3) is 0.462. The lowest BCUT2D eigenvalue weighted by Crippen LogP contribution is -2.42. The summed E-state index contributed by atoms with van der Waals surface area (Å²) in [6.45, 7) is -3.65. The van der Waals surface area contributed by atoms with Crippen LogP contribution in [-0.4, -0.2) is 165 Å². The van der Waals surface area contributed by atoms with Gasteiger partial charge in [0, 0.05) is 13.0 Å². The Morgan fingerprint density at radius 1 is 0.679 bits per heavy atom. The molecule has 0 amide bonds. The van der Waals surface area contributed by atoms with Crippen LogP contribution in [0.1, 0.15) is 18.7 Å². The number of benzene rings is 1. The van der Waals surface area contributed by atoms with Crippen molar-refractivity contribution < 1.29 is 104 Å². The zero-order valence-electron chi connectivity index (χ0n) is 41.6. The van der Waals surface area contributed by atoms with E-state index in [1.807, 2.05) is 0 Å². The van der Waals surface area contributed by atoms with Crippen LogP contribution < -0.4 is 42.5 Å². The molecule has 16 atom stereocenters. The van der Waals surface area contributed by atoms with E-state index in [1.165, 1.54) is 58.5 Å². The van der Waals surface area contributed by atoms with Crippen molar-refractivity contribution in [2.75, 3.05) is 50.7 Å². The highest BCUT2D eigenvalue weighted by atomic mass is 31.3. The summed E-state index contributed by atoms with van der Waals surface area (Å²) in [5.74, 6) is -1.74. The number of anilines is 3. The fourth-order valence-corrected chi connectivity index (χ4v) is 14.7. The van der Waals surface area contributed by atoms with E-state index in [2.05, 4.69) is 48.5 Å². The van der Waals surface area contributed by atoms with Gasteiger partial charge in [-0.15, -0.1) is 0 Å². The zero-order chi connectivity index (χ0) is 58.1. The van der Waals surface area contributed by atoms with Crippen molar-refractivity contribution in [2.24, 2.45) is 13.0 Å². The average Bonchev–Trinajstić information content (AvgIpc) is 4.43. The van der Waals surface area contributed by atoms with Gasteiger partial charge in [-0.1, -0.05) is 18.2 Å². The number of hydrogen-bond acceptors (Lipinski definition) is 29. The van der Waals surface area contributed by atoms with Crippen molar-refractivity contribution in [1.29, 1.82) is 0 Å². The molecule has 0 spiro atoms. The Kier molecular flexibility index (Phi) is 16.0. The molecule has 3 aliphatic rings. The van der Waals surface area contributed by atoms with Crippen LogP contribution >= 0.6 is 31.1 Å². The lowest BCUT2D eigenvalue weighted by molar-refractivity contribution is -0.646. The number of aromatic amines is 2. The lowest BCUT2D eigenvalue weighted by atomic mass is 9.99. The number of imidazole rings is 3. The van der Waals surface area contributed by atoms with Gasteiger partial charge in [-0.25, -0.2) is 38.2 Å². The lowest BCUT2D eigenvalue weighted by Gasteiger charge is -2.36. The molecule has 81 heavy (non-hydrogen) atoms. The number of hydrogen-bond donors (Lipinski definition) is 11. The second-order valence-electron chi connectivity index (χ2n) is 18.3. The predicted octanol–water partition coefficient (Wildman–Crippen LogP) is -2.94. The summed E-state index contributed by atoms with van der Waals surface area (Å²) in [7, 11) is -21.0. The van der Waals surface area contributed by atoms with Crippen LogP contribution in [0.5, 0.6) is 5.75 Å². The molecule has 0 radical (unpaired) electrons. The number of ether oxygens (including phenoxy) is 5. The molecule has 438 valence electrons. The molecule has 1 aromatic carbocycles. The third kappa shape index (κ3) is 11.7. The first kappa shape index (κ1) is 58.2. The molecule has 14 N–H and O–H groups in total. The molecule has 9 heterocycles. The number of methoxy groups -OCH3 is 1. The summed E-state index contributed by atoms with van der Waals surface area (Å²) < 4.78 is 113. The summed E-state index contributed by atoms with van der Waals surface area (Å²) in [4.78, 5) is 101. The SMILES string of the molecule is COC[C@H]1[C@@H](O)[C@H](n2c[n+](C)c3c(=O)[nH]c(N)nc32)O[C@@H]1COP(=O)(O)OP(=O)(O)OP(=O)(O)OC[C@H]1O[C@@H](n2cnc3c(N)ncnc32)[C@H](Oc2ccccc2)[C@@H]1P(=O)([O-])OC[C@H]1O[C@@H](n2cnc3c(=O)[nH]c(N)nc32)[C@H](O)[C@@H]1O. The van der Waals surface area contributed by atoms with Crippen molar-refractivity contribution >= 4 is 82.3 Å². The number of nitrogens with zero attached hydrogens (tertiary/aromatic N) is 10. The normalized spacial score (nSPS) is 29.0. The first-order chi connectivity index (χ1) is 38.2. The van der Waals surface area contributed by atoms with E-state index >= 15 is 0 Å². The number of nitrogens with one attached hydrogen (secondary N) is 2. The van der Waals surface area contributed by atoms with Crippen molar-refractivity contribution in [1.82, 2.24) is 53.6 Å². The molecule has 6 aromatic heterocycles. The first-order valence-corrected chi connectivity index (χ1v) is 29.6. The summed E-state index contributed by atoms with van der Waals surface area (Å²) in [6.07, 6.45) is -11.9. The van der Waals surface area contributed by atoms with Gasteiger partial charge in [0.15, 0.2) is 41.2 Å². The van der Waals surface area contributed by atoms with Gasteiger partial charge in [-0.2, -0.15) is 23.2 Å². The predicted molar refractivity (Wildman–Crippen MR) is 265 cm³/mol. The summed E-state index contributed by atoms with van der Waals surface area (Å²) in [5.41, 5.74) is 13.6. The number of fused-ring (bicyclic) bond motifs is 3. The second kappa shape index (κ2) is 22.3. The summed E-state index contributed by atoms with van der Waals surface area (Å²) >= 11 is 0. The van der Waals surface area contributed by atoms with Crippen molar-refractivity contribution in [3.05, 3.63) is 76.3 Å². The Morgan fingerprint density at radius 3 is 1.94 bits per heavy atom. The fourth-order valence-electron chi connectivity index (χ4n) is 9.49. The van der Waals surface area contributed by atoms with Crippen LogP contribution in [-0.2, 0) is 66.4 Å². The quantitative estimate of drug-likeness (QED) is 0.0253. The number of aromatic nitrogens is 12. The van der Waals surface area contributed by atoms with Crippen LogP contribution in [0.3, 0.4) is 0 Å². The van der Waals surface area contributed by atoms with E-state index in [4.69, 9.17) is 54.5 Å². The van der Waals surface area contributed by atoms with Gasteiger partial charge in [0.1, 0.15) is 49.6 Å². The van der Waals surface area contributed by atoms with Crippen LogP contribution in [0.15, 0.2) is 65.2 Å². The Labute approximate surface area is 451 Å². The van der Waals surface area contributed by atoms with E-state index in [0.29, 0.717) is 0 Å². The molecule has 0 aliphatic carbocycles. The van der Waals surface area contributed by atoms with E-state index in [1.54, 1.807) is 6.07 Å². The maximum absolute atomic E-state index is 14.7. The van der Waals surface area contributed by atoms with Crippen molar-refractivity contribution in [2.45, 2.75) is 67.1 Å². The standard InChI is InChI=1S/C39H49N15O23P4/c1-51-15-54(32-23(51)34(59)50-39(42)48-32)35-24(55)17(8-68-2)18(73-35)9-70-79(62,63)76-81(66,67)77-80(64,65)71-11-20-28(27(72-16-6-4-3-5-7-16)37(75-20)52-13-45-21-29(40)43-12-44-30(21)52)78(60,61)69-10-19-25(56)26(57)36(74-19)53-14-46-22-31(53)47-38(41)49-33(22)58/h3-7,12-15,17-20,24-28,35-37,55-57H,8-11H2,1-2H3,(H11-,40,41,42,43,44,47,48,49,50,58,59,60,61,62,63,64,65,66,67)/t17-,18-,19-,20-,24-,25-,26-,27-,28-,35-,36-,37-/m1/s1. The minimum absolute atomic E-state index is 0.0118. The third-order valence-corrected chi connectivity index (χ3v) is 19.1. The van der Waals surface area contributed by atoms with E-state index in [9.17, 15) is 62.7 Å². The molecular weight excluding hydrogens is 1170 g/mol. The van der Waals surface area contributed by atoms with Crippen LogP contribution in [0.2, 0.25) is 0 Å². The molecule has 42 heteroatoms. The molecule has 3 aliphatic heterocycles. The largest absolute Gasteiger partial charge is 0.778 e. The molecule has 0 saturated carbocycles. The minimum Gasteiger partial charge on any atom is -0.778 e. The molecule has 0 bridgehead atoms. The zero-order valence-corrected chi connectivity index (χ0v) is 45.1. The Balaban J connectivity index is 0.868. The van der Waals surface area contributed by atoms with Gasteiger partial charge in [-0.05, 0) is 12.1 Å². The van der Waals surface area contributed by atoms with Crippen LogP contribution in [0, 0.1) is 5.92 Å². The number of rotatable bonds is 21. The average molecular weight is 1220 g/mol. The monoisotopic (exact) mass is 1220 g/mol. The molecule has 10 rings (SSSR count). The van der Waals surface area contributed by atoms with Gasteiger partial charge < -0.3 is 84.9 Å². The van der Waals surface area contributed by atoms with Gasteiger partial charge in [0.05, 0.1) is 64.0 Å². The Morgan fingerprint density at radius 2 is 1.26 bits per heavy atom. The number of nitrogens with two attached hydrogens (primary N) is 3. The molecule has 4 unspecified atom stereocenters. The van der Waals surface area contributed by atoms with Crippen LogP contribution in [0.25, 0.3) is 33.5 Å². The topological polar surface area (TPSA) is 545 Å². The molecule has 38 nitrogen and oxygen atoms in total. The van der Waals surface area contributed by atoms with Crippen molar-refractivity contribution in [3.8, 4) is 5.75 Å². The van der Waals surface area contributed by atoms with Gasteiger partial charge in [-0.3, -0.25) is 37.7 Å². The van der Waals surface area contributed by atoms with Crippen molar-refractivity contribution in [3.63, 3.8) is 0 Å². The highest BCUT2D eigenvalue weighted by Crippen LogP contribution is 2.68. The molecule has 7 aromatic rings. The summed E-state index contributed by atoms with van der Waals surface area (Å²) in [6, 6.07) is 7.54. The Bertz CT molecular complexity index is 3810. The third-order valence-electron chi connectivity index (χ3n) is 13.0. The molecule has 3 saturated heterocycles. The number of aryl methyl sites for hydroxylation is 1. The first-order valence-electron chi connectivity index (χ1n) is 23.5. The van der Waals surface area contributed by atoms with Crippen LogP contribution in [0.4, 0.5) is 17.7 Å². The number of aliphatic hydroxyl groups excluding tert-OH is 3. The molecule has 3 fully saturated rings. The molecular formula is C39H49N15O23P4. The van der Waals surface area contributed by atoms with Gasteiger partial charge in [0.2, 0.25) is 24.5 Å². The maximum Gasteiger partial charge on any atom is 0.490 e. The highest BCUT2D eigenvalue weighted by Gasteiger charge is 2.56. The van der Waals surface area contributed by atoms with Gasteiger partial charge >= 0.3 is 29.0 Å². The van der Waals surface area contributed by atoms with E-state index in [-0.39, 0.29) is 63.6 Å². The number of phosphoric ester groups is 2. The smallest absolute Gasteiger partial charge is 0.490 e. The highest BCUT2D eigenvalue weighted by molar-refractivity contribution is 7.66. The Hall–Kier alpha value is -6.05. The maximum atomic E-state index is 14.7. The van der Waals surface area contributed by atoms with E-state index < -0.39 is 135 Å². The number of H-pyrrole nitrogens is 2. The number of nitrogen functional groups attached to an aromatic ring is 3. The minimum atomic E-state index is -6.24. The number of phosphoric acid groups is 3. The summed E-state index contributed by atoms with van der Waals surface area (Å²) in [5, 5.41) is 33.5. The number of para-hydroxylation sites is 1. The van der Waals surface area contributed by atoms with E-state index in [0.717, 1.165) is 23.5 Å². The van der Waals surface area contributed by atoms with Gasteiger partial charge in [0.25, 0.3) is 16.7 Å². The second-order valence-corrected chi connectivity index (χ2v) is 24.9.